The van der Waals surface area contributed by atoms with Gasteiger partial charge in [0.2, 0.25) is 10.9 Å². The van der Waals surface area contributed by atoms with Crippen LogP contribution in [0.5, 0.6) is 0 Å². The highest BCUT2D eigenvalue weighted by molar-refractivity contribution is 7.16. The van der Waals surface area contributed by atoms with E-state index in [9.17, 15) is 26.7 Å². The number of carbonyl (C=O) groups excluding carboxylic acids is 1. The second kappa shape index (κ2) is 5.96. The molecule has 0 bridgehead atoms. The fraction of sp³-hybridized carbons (Fsp3) is 0.533. The number of carbonyl (C=O) groups is 1. The Morgan fingerprint density at radius 2 is 2.11 bits per heavy atom. The molecule has 6 nitrogen and oxygen atoms in total. The lowest BCUT2D eigenvalue weighted by Crippen LogP contribution is -2.28. The zero-order valence-corrected chi connectivity index (χ0v) is 14.7. The first kappa shape index (κ1) is 18.3. The quantitative estimate of drug-likeness (QED) is 0.714. The molecule has 1 amide bonds. The van der Waals surface area contributed by atoms with Crippen molar-refractivity contribution in [2.45, 2.75) is 31.7 Å². The summed E-state index contributed by atoms with van der Waals surface area (Å²) in [6.45, 7) is -0.443. The zero-order chi connectivity index (χ0) is 19.6. The Morgan fingerprint density at radius 1 is 1.41 bits per heavy atom. The molecule has 1 aliphatic carbocycles. The first-order valence-electron chi connectivity index (χ1n) is 7.91. The fourth-order valence-electron chi connectivity index (χ4n) is 3.12. The van der Waals surface area contributed by atoms with E-state index in [1.807, 2.05) is 0 Å². The van der Waals surface area contributed by atoms with Crippen LogP contribution in [0.3, 0.4) is 0 Å². The minimum atomic E-state index is -4.73. The van der Waals surface area contributed by atoms with Gasteiger partial charge < -0.3 is 9.64 Å². The van der Waals surface area contributed by atoms with E-state index < -0.39 is 36.2 Å². The number of imidazole rings is 1. The third-order valence-electron chi connectivity index (χ3n) is 4.48. The highest BCUT2D eigenvalue weighted by Crippen LogP contribution is 2.53. The molecular weight excluding hydrogens is 395 g/mol. The lowest BCUT2D eigenvalue weighted by Gasteiger charge is -2.17. The Balaban J connectivity index is 1.63. The molecule has 2 aromatic heterocycles. The molecular formula is C15H13F5N4O2S. The SMILES string of the molecule is COCc1nn2c(CN3CC([C@H]4CC4(F)F)=CC3=O)c(C(F)(F)F)nc2s1. The maximum Gasteiger partial charge on any atom is 0.435 e. The largest absolute Gasteiger partial charge is 0.435 e. The van der Waals surface area contributed by atoms with Gasteiger partial charge >= 0.3 is 6.18 Å². The van der Waals surface area contributed by atoms with Crippen molar-refractivity contribution < 1.29 is 31.5 Å². The topological polar surface area (TPSA) is 59.7 Å². The van der Waals surface area contributed by atoms with Gasteiger partial charge in [0.25, 0.3) is 5.92 Å². The van der Waals surface area contributed by atoms with Gasteiger partial charge in [0.05, 0.1) is 24.8 Å². The Bertz CT molecular complexity index is 948. The van der Waals surface area contributed by atoms with E-state index >= 15 is 0 Å². The first-order valence-corrected chi connectivity index (χ1v) is 8.72. The summed E-state index contributed by atoms with van der Waals surface area (Å²) in [4.78, 5) is 16.8. The van der Waals surface area contributed by atoms with Crippen LogP contribution in [-0.2, 0) is 28.9 Å². The number of ether oxygens (including phenoxy) is 1. The van der Waals surface area contributed by atoms with Crippen LogP contribution in [0.25, 0.3) is 4.96 Å². The molecule has 12 heteroatoms. The average Bonchev–Trinajstić information content (AvgIpc) is 2.90. The molecule has 146 valence electrons. The number of hydrogen-bond donors (Lipinski definition) is 0. The summed E-state index contributed by atoms with van der Waals surface area (Å²) in [5.74, 6) is -4.44. The second-order valence-electron chi connectivity index (χ2n) is 6.46. The summed E-state index contributed by atoms with van der Waals surface area (Å²) in [6, 6.07) is 0. The van der Waals surface area contributed by atoms with Crippen LogP contribution in [-0.4, -0.2) is 45.0 Å². The van der Waals surface area contributed by atoms with Crippen LogP contribution >= 0.6 is 11.3 Å². The fourth-order valence-corrected chi connectivity index (χ4v) is 4.00. The minimum absolute atomic E-state index is 0.0259. The van der Waals surface area contributed by atoms with Crippen molar-refractivity contribution in [3.05, 3.63) is 28.0 Å². The van der Waals surface area contributed by atoms with E-state index in [4.69, 9.17) is 4.74 Å². The van der Waals surface area contributed by atoms with Crippen molar-refractivity contribution in [3.8, 4) is 0 Å². The van der Waals surface area contributed by atoms with Gasteiger partial charge in [0, 0.05) is 26.2 Å². The normalized spacial score (nSPS) is 22.0. The molecule has 4 rings (SSSR count). The molecule has 0 aromatic carbocycles. The van der Waals surface area contributed by atoms with Crippen molar-refractivity contribution in [1.29, 1.82) is 0 Å². The number of alkyl halides is 5. The third-order valence-corrected chi connectivity index (χ3v) is 5.36. The average molecular weight is 408 g/mol. The molecule has 1 atom stereocenters. The molecule has 1 aliphatic heterocycles. The van der Waals surface area contributed by atoms with Gasteiger partial charge in [-0.3, -0.25) is 4.79 Å². The van der Waals surface area contributed by atoms with Crippen LogP contribution in [0.2, 0.25) is 0 Å². The molecule has 0 N–H and O–H groups in total. The lowest BCUT2D eigenvalue weighted by molar-refractivity contribution is -0.142. The molecule has 0 radical (unpaired) electrons. The van der Waals surface area contributed by atoms with Crippen LogP contribution in [0, 0.1) is 5.92 Å². The standard InChI is InChI=1S/C15H13F5N4O2S/c1-26-6-10-22-24-9(12(15(18,19)20)21-13(24)27-10)5-23-4-7(2-11(23)25)8-3-14(8,16)17/h2,8H,3-6H2,1H3/t8-/m1/s1. The number of rotatable bonds is 5. The summed E-state index contributed by atoms with van der Waals surface area (Å²) < 4.78 is 72.5. The van der Waals surface area contributed by atoms with Crippen LogP contribution in [0.15, 0.2) is 11.6 Å². The number of hydrogen-bond acceptors (Lipinski definition) is 5. The van der Waals surface area contributed by atoms with Crippen LogP contribution in [0.4, 0.5) is 22.0 Å². The molecule has 1 saturated carbocycles. The van der Waals surface area contributed by atoms with Gasteiger partial charge in [-0.25, -0.2) is 18.3 Å². The Kier molecular flexibility index (Phi) is 4.04. The van der Waals surface area contributed by atoms with Crippen molar-refractivity contribution in [1.82, 2.24) is 19.5 Å². The number of nitrogens with zero attached hydrogens (tertiary/aromatic N) is 4. The summed E-state index contributed by atoms with van der Waals surface area (Å²) in [5, 5.41) is 4.50. The van der Waals surface area contributed by atoms with Gasteiger partial charge in [0.1, 0.15) is 5.01 Å². The molecule has 2 aliphatic rings. The number of aromatic nitrogens is 3. The Morgan fingerprint density at radius 3 is 2.70 bits per heavy atom. The van der Waals surface area contributed by atoms with Crippen molar-refractivity contribution in [2.75, 3.05) is 13.7 Å². The van der Waals surface area contributed by atoms with E-state index in [0.29, 0.717) is 5.01 Å². The van der Waals surface area contributed by atoms with Crippen molar-refractivity contribution in [3.63, 3.8) is 0 Å². The molecule has 0 saturated heterocycles. The lowest BCUT2D eigenvalue weighted by atomic mass is 10.2. The molecule has 1 fully saturated rings. The summed E-state index contributed by atoms with van der Waals surface area (Å²) in [7, 11) is 1.43. The molecule has 0 spiro atoms. The first-order chi connectivity index (χ1) is 12.6. The maximum absolute atomic E-state index is 13.4. The predicted octanol–water partition coefficient (Wildman–Crippen LogP) is 2.88. The van der Waals surface area contributed by atoms with E-state index in [1.54, 1.807) is 0 Å². The Hall–Kier alpha value is -2.08. The van der Waals surface area contributed by atoms with Crippen molar-refractivity contribution >= 4 is 22.2 Å². The second-order valence-corrected chi connectivity index (χ2v) is 7.50. The van der Waals surface area contributed by atoms with Gasteiger partial charge in [-0.2, -0.15) is 18.3 Å². The highest BCUT2D eigenvalue weighted by Gasteiger charge is 2.59. The molecule has 27 heavy (non-hydrogen) atoms. The van der Waals surface area contributed by atoms with Crippen LogP contribution in [0.1, 0.15) is 22.8 Å². The molecule has 0 unspecified atom stereocenters. The summed E-state index contributed by atoms with van der Waals surface area (Å²) >= 11 is 0.947. The van der Waals surface area contributed by atoms with E-state index in [0.717, 1.165) is 26.8 Å². The van der Waals surface area contributed by atoms with Crippen molar-refractivity contribution in [2.24, 2.45) is 5.92 Å². The highest BCUT2D eigenvalue weighted by atomic mass is 32.1. The van der Waals surface area contributed by atoms with Gasteiger partial charge in [-0.1, -0.05) is 11.3 Å². The van der Waals surface area contributed by atoms with Gasteiger partial charge in [-0.05, 0) is 5.57 Å². The van der Waals surface area contributed by atoms with Gasteiger partial charge in [0.15, 0.2) is 5.69 Å². The van der Waals surface area contributed by atoms with E-state index in [1.165, 1.54) is 7.11 Å². The zero-order valence-electron chi connectivity index (χ0n) is 13.9. The minimum Gasteiger partial charge on any atom is -0.377 e. The van der Waals surface area contributed by atoms with Crippen LogP contribution < -0.4 is 0 Å². The summed E-state index contributed by atoms with van der Waals surface area (Å²) in [5.41, 5.74) is -1.19. The molecule has 3 heterocycles. The Labute approximate surface area is 153 Å². The van der Waals surface area contributed by atoms with Gasteiger partial charge in [-0.15, -0.1) is 0 Å². The number of halogens is 5. The third kappa shape index (κ3) is 3.20. The van der Waals surface area contributed by atoms with E-state index in [2.05, 4.69) is 10.1 Å². The monoisotopic (exact) mass is 408 g/mol. The number of amides is 1. The molecule has 2 aromatic rings. The summed E-state index contributed by atoms with van der Waals surface area (Å²) in [6.07, 6.45) is -3.97. The maximum atomic E-state index is 13.4. The predicted molar refractivity (Wildman–Crippen MR) is 83.1 cm³/mol. The number of methoxy groups -OCH3 is 1. The number of fused-ring (bicyclic) bond motifs is 1. The van der Waals surface area contributed by atoms with E-state index in [-0.39, 0.29) is 35.8 Å². The smallest absolute Gasteiger partial charge is 0.377 e.